The smallest absolute Gasteiger partial charge is 0.237 e. The predicted molar refractivity (Wildman–Crippen MR) is 61.4 cm³/mol. The highest BCUT2D eigenvalue weighted by atomic mass is 35.5. The minimum atomic E-state index is -0.437. The quantitative estimate of drug-likeness (QED) is 0.767. The maximum absolute atomic E-state index is 11.5. The number of rotatable bonds is 3. The van der Waals surface area contributed by atoms with E-state index in [9.17, 15) is 4.79 Å². The van der Waals surface area contributed by atoms with Crippen LogP contribution < -0.4 is 5.32 Å². The third-order valence-electron chi connectivity index (χ3n) is 4.80. The van der Waals surface area contributed by atoms with Crippen molar-refractivity contribution in [1.29, 1.82) is 0 Å². The Morgan fingerprint density at radius 1 is 1.62 bits per heavy atom. The zero-order valence-electron chi connectivity index (χ0n) is 9.59. The van der Waals surface area contributed by atoms with Crippen molar-refractivity contribution in [2.24, 2.45) is 11.3 Å². The average Bonchev–Trinajstić information content (AvgIpc) is 2.81. The molecule has 16 heavy (non-hydrogen) atoms. The molecule has 0 bridgehead atoms. The molecule has 1 spiro atoms. The Kier molecular flexibility index (Phi) is 2.28. The van der Waals surface area contributed by atoms with Crippen molar-refractivity contribution in [2.45, 2.75) is 43.6 Å². The van der Waals surface area contributed by atoms with Gasteiger partial charge in [0.2, 0.25) is 5.91 Å². The highest BCUT2D eigenvalue weighted by Gasteiger charge is 2.73. The van der Waals surface area contributed by atoms with Crippen molar-refractivity contribution in [3.63, 3.8) is 0 Å². The summed E-state index contributed by atoms with van der Waals surface area (Å²) in [5, 5.41) is 2.54. The molecule has 3 fully saturated rings. The van der Waals surface area contributed by atoms with Crippen LogP contribution in [0, 0.1) is 11.3 Å². The Hall–Kier alpha value is -0.280. The summed E-state index contributed by atoms with van der Waals surface area (Å²) in [6.07, 6.45) is 4.85. The molecule has 2 saturated carbocycles. The number of fused-ring (bicyclic) bond motifs is 2. The third kappa shape index (κ3) is 1.28. The molecular weight excluding hydrogens is 226 g/mol. The lowest BCUT2D eigenvalue weighted by Crippen LogP contribution is -2.51. The topological polar surface area (TPSA) is 38.3 Å². The largest absolute Gasteiger partial charge is 0.374 e. The number of nitrogens with one attached hydrogen (secondary N) is 1. The normalized spacial score (nSPS) is 40.0. The number of halogens is 1. The maximum Gasteiger partial charge on any atom is 0.237 e. The van der Waals surface area contributed by atoms with Crippen molar-refractivity contribution in [3.05, 3.63) is 0 Å². The van der Waals surface area contributed by atoms with Gasteiger partial charge in [-0.25, -0.2) is 0 Å². The van der Waals surface area contributed by atoms with Crippen molar-refractivity contribution >= 4 is 17.5 Å². The van der Waals surface area contributed by atoms with E-state index in [1.54, 1.807) is 6.92 Å². The van der Waals surface area contributed by atoms with Gasteiger partial charge in [-0.05, 0) is 38.5 Å². The van der Waals surface area contributed by atoms with E-state index in [0.29, 0.717) is 5.92 Å². The SMILES string of the molecule is CC(Cl)C(=O)NCC12CC1COC21CCC1. The zero-order valence-corrected chi connectivity index (χ0v) is 10.3. The van der Waals surface area contributed by atoms with Gasteiger partial charge in [0, 0.05) is 12.0 Å². The van der Waals surface area contributed by atoms with Gasteiger partial charge in [-0.2, -0.15) is 0 Å². The standard InChI is InChI=1S/C12H18ClNO2/c1-8(13)10(15)14-7-11-5-9(11)6-16-12(11)3-2-4-12/h8-9H,2-7H2,1H3,(H,14,15). The van der Waals surface area contributed by atoms with Crippen LogP contribution in [0.15, 0.2) is 0 Å². The lowest BCUT2D eigenvalue weighted by molar-refractivity contribution is -0.124. The Morgan fingerprint density at radius 3 is 2.88 bits per heavy atom. The molecule has 90 valence electrons. The van der Waals surface area contributed by atoms with E-state index in [2.05, 4.69) is 5.32 Å². The first-order chi connectivity index (χ1) is 7.60. The summed E-state index contributed by atoms with van der Waals surface area (Å²) in [4.78, 5) is 11.5. The number of hydrogen-bond donors (Lipinski definition) is 1. The van der Waals surface area contributed by atoms with Crippen LogP contribution in [-0.2, 0) is 9.53 Å². The number of hydrogen-bond acceptors (Lipinski definition) is 2. The van der Waals surface area contributed by atoms with Gasteiger partial charge in [0.1, 0.15) is 5.38 Å². The van der Waals surface area contributed by atoms with Gasteiger partial charge in [0.15, 0.2) is 0 Å². The first kappa shape index (κ1) is 10.8. The van der Waals surface area contributed by atoms with Crippen LogP contribution in [0.3, 0.4) is 0 Å². The summed E-state index contributed by atoms with van der Waals surface area (Å²) in [5.41, 5.74) is 0.368. The second-order valence-corrected chi connectivity index (χ2v) is 6.20. The fraction of sp³-hybridized carbons (Fsp3) is 0.917. The Labute approximate surface area is 101 Å². The van der Waals surface area contributed by atoms with Gasteiger partial charge >= 0.3 is 0 Å². The van der Waals surface area contributed by atoms with Crippen LogP contribution in [0.1, 0.15) is 32.6 Å². The van der Waals surface area contributed by atoms with E-state index in [-0.39, 0.29) is 16.9 Å². The van der Waals surface area contributed by atoms with E-state index in [0.717, 1.165) is 13.2 Å². The minimum absolute atomic E-state index is 0.0527. The van der Waals surface area contributed by atoms with Crippen molar-refractivity contribution in [2.75, 3.05) is 13.2 Å². The van der Waals surface area contributed by atoms with Crippen LogP contribution in [0.2, 0.25) is 0 Å². The number of carbonyl (C=O) groups is 1. The number of amides is 1. The number of ether oxygens (including phenoxy) is 1. The van der Waals surface area contributed by atoms with Crippen LogP contribution in [0.4, 0.5) is 0 Å². The molecule has 3 aliphatic rings. The molecule has 1 amide bonds. The third-order valence-corrected chi connectivity index (χ3v) is 5.00. The molecule has 0 aromatic rings. The predicted octanol–water partition coefficient (Wildman–Crippen LogP) is 1.69. The summed E-state index contributed by atoms with van der Waals surface area (Å²) < 4.78 is 5.95. The van der Waals surface area contributed by atoms with Crippen LogP contribution in [0.5, 0.6) is 0 Å². The molecule has 1 aliphatic heterocycles. The van der Waals surface area contributed by atoms with E-state index in [1.165, 1.54) is 25.7 Å². The van der Waals surface area contributed by atoms with E-state index in [1.807, 2.05) is 0 Å². The van der Waals surface area contributed by atoms with Crippen molar-refractivity contribution < 1.29 is 9.53 Å². The molecule has 3 unspecified atom stereocenters. The lowest BCUT2D eigenvalue weighted by atomic mass is 9.68. The number of alkyl halides is 1. The summed E-state index contributed by atoms with van der Waals surface area (Å²) in [6.45, 7) is 3.36. The fourth-order valence-electron chi connectivity index (χ4n) is 3.46. The molecule has 3 nitrogen and oxygen atoms in total. The van der Waals surface area contributed by atoms with Gasteiger partial charge < -0.3 is 10.1 Å². The summed E-state index contributed by atoms with van der Waals surface area (Å²) >= 11 is 5.75. The minimum Gasteiger partial charge on any atom is -0.374 e. The molecule has 0 aromatic heterocycles. The summed E-state index contributed by atoms with van der Waals surface area (Å²) in [6, 6.07) is 0. The molecular formula is C12H18ClNO2. The number of carbonyl (C=O) groups excluding carboxylic acids is 1. The molecule has 1 heterocycles. The average molecular weight is 244 g/mol. The highest BCUT2D eigenvalue weighted by molar-refractivity contribution is 6.30. The monoisotopic (exact) mass is 243 g/mol. The zero-order chi connectivity index (χ0) is 11.4. The summed E-state index contributed by atoms with van der Waals surface area (Å²) in [5.74, 6) is 0.627. The second kappa shape index (κ2) is 3.36. The van der Waals surface area contributed by atoms with Gasteiger partial charge in [0.05, 0.1) is 12.2 Å². The van der Waals surface area contributed by atoms with Gasteiger partial charge in [-0.15, -0.1) is 11.6 Å². The maximum atomic E-state index is 11.5. The van der Waals surface area contributed by atoms with Gasteiger partial charge in [-0.3, -0.25) is 4.79 Å². The molecule has 0 radical (unpaired) electrons. The molecule has 3 atom stereocenters. The Bertz CT molecular complexity index is 327. The van der Waals surface area contributed by atoms with E-state index < -0.39 is 5.38 Å². The molecule has 0 aromatic carbocycles. The van der Waals surface area contributed by atoms with Gasteiger partial charge in [0.25, 0.3) is 0 Å². The van der Waals surface area contributed by atoms with Crippen molar-refractivity contribution in [3.8, 4) is 0 Å². The van der Waals surface area contributed by atoms with Crippen LogP contribution >= 0.6 is 11.6 Å². The molecule has 4 heteroatoms. The van der Waals surface area contributed by atoms with Crippen LogP contribution in [-0.4, -0.2) is 30.0 Å². The van der Waals surface area contributed by atoms with E-state index in [4.69, 9.17) is 16.3 Å². The first-order valence-corrected chi connectivity index (χ1v) is 6.59. The second-order valence-electron chi connectivity index (χ2n) is 5.55. The Morgan fingerprint density at radius 2 is 2.38 bits per heavy atom. The summed E-state index contributed by atoms with van der Waals surface area (Å²) in [7, 11) is 0. The van der Waals surface area contributed by atoms with Crippen molar-refractivity contribution in [1.82, 2.24) is 5.32 Å². The molecule has 1 N–H and O–H groups in total. The van der Waals surface area contributed by atoms with Crippen LogP contribution in [0.25, 0.3) is 0 Å². The highest BCUT2D eigenvalue weighted by Crippen LogP contribution is 2.70. The molecule has 1 saturated heterocycles. The van der Waals surface area contributed by atoms with E-state index >= 15 is 0 Å². The molecule has 2 aliphatic carbocycles. The van der Waals surface area contributed by atoms with Gasteiger partial charge in [-0.1, -0.05) is 0 Å². The lowest BCUT2D eigenvalue weighted by Gasteiger charge is -2.45. The fourth-order valence-corrected chi connectivity index (χ4v) is 3.54. The Balaban J connectivity index is 1.64. The molecule has 3 rings (SSSR count). The first-order valence-electron chi connectivity index (χ1n) is 6.15.